The van der Waals surface area contributed by atoms with Crippen LogP contribution in [0.5, 0.6) is 0 Å². The number of nitrogens with two attached hydrogens (primary N) is 1. The maximum atomic E-state index is 13.1. The van der Waals surface area contributed by atoms with Gasteiger partial charge in [0.2, 0.25) is 0 Å². The van der Waals surface area contributed by atoms with E-state index < -0.39 is 0 Å². The van der Waals surface area contributed by atoms with E-state index in [0.717, 1.165) is 11.8 Å². The molecule has 0 aliphatic heterocycles. The molecule has 0 aliphatic carbocycles. The predicted molar refractivity (Wildman–Crippen MR) is 67.3 cm³/mol. The zero-order valence-electron chi connectivity index (χ0n) is 10.4. The van der Waals surface area contributed by atoms with Crippen molar-refractivity contribution in [3.8, 4) is 0 Å². The van der Waals surface area contributed by atoms with Crippen LogP contribution in [0.2, 0.25) is 0 Å². The average molecular weight is 252 g/mol. The molecule has 0 amide bonds. The van der Waals surface area contributed by atoms with Gasteiger partial charge in [-0.1, -0.05) is 6.92 Å². The van der Waals surface area contributed by atoms with Crippen LogP contribution in [0.3, 0.4) is 0 Å². The number of benzene rings is 1. The molecule has 0 fully saturated rings. The molecule has 5 heteroatoms. The number of ether oxygens (including phenoxy) is 1. The minimum Gasteiger partial charge on any atom is -0.459 e. The fourth-order valence-corrected chi connectivity index (χ4v) is 2.10. The molecule has 0 radical (unpaired) electrons. The highest BCUT2D eigenvalue weighted by atomic mass is 19.1. The minimum atomic E-state index is -0.286. The summed E-state index contributed by atoms with van der Waals surface area (Å²) in [7, 11) is 1.63. The number of furan rings is 1. The third kappa shape index (κ3) is 2.38. The summed E-state index contributed by atoms with van der Waals surface area (Å²) in [6, 6.07) is 5.94. The first kappa shape index (κ1) is 13.0. The summed E-state index contributed by atoms with van der Waals surface area (Å²) in [5, 5.41) is 0.719. The maximum Gasteiger partial charge on any atom is 0.134 e. The first-order chi connectivity index (χ1) is 8.69. The van der Waals surface area contributed by atoms with Crippen LogP contribution in [-0.4, -0.2) is 13.2 Å². The Hall–Kier alpha value is -1.43. The number of hydrazine groups is 1. The van der Waals surface area contributed by atoms with Crippen LogP contribution >= 0.6 is 0 Å². The number of nitrogens with one attached hydrogen (secondary N) is 1. The summed E-state index contributed by atoms with van der Waals surface area (Å²) in [6.07, 6.45) is 0.692. The van der Waals surface area contributed by atoms with Gasteiger partial charge >= 0.3 is 0 Å². The second kappa shape index (κ2) is 5.48. The zero-order valence-corrected chi connectivity index (χ0v) is 10.4. The van der Waals surface area contributed by atoms with Crippen LogP contribution in [0.15, 0.2) is 28.7 Å². The molecule has 2 atom stereocenters. The number of halogens is 1. The quantitative estimate of drug-likeness (QED) is 0.634. The molecule has 4 nitrogen and oxygen atoms in total. The lowest BCUT2D eigenvalue weighted by Crippen LogP contribution is -2.37. The van der Waals surface area contributed by atoms with Gasteiger partial charge in [-0.3, -0.25) is 5.84 Å². The Morgan fingerprint density at radius 1 is 1.44 bits per heavy atom. The maximum absolute atomic E-state index is 13.1. The molecule has 0 saturated heterocycles. The lowest BCUT2D eigenvalue weighted by atomic mass is 10.1. The molecule has 2 rings (SSSR count). The van der Waals surface area contributed by atoms with Gasteiger partial charge in [-0.25, -0.2) is 9.82 Å². The largest absolute Gasteiger partial charge is 0.459 e. The number of methoxy groups -OCH3 is 1. The van der Waals surface area contributed by atoms with Crippen LogP contribution in [-0.2, 0) is 4.74 Å². The average Bonchev–Trinajstić information content (AvgIpc) is 2.78. The van der Waals surface area contributed by atoms with Crippen LogP contribution in [0.25, 0.3) is 11.0 Å². The van der Waals surface area contributed by atoms with Crippen molar-refractivity contribution in [2.75, 3.05) is 7.11 Å². The molecule has 0 saturated carbocycles. The van der Waals surface area contributed by atoms with E-state index in [9.17, 15) is 4.39 Å². The highest BCUT2D eigenvalue weighted by Gasteiger charge is 2.24. The molecule has 1 heterocycles. The van der Waals surface area contributed by atoms with Crippen molar-refractivity contribution >= 4 is 11.0 Å². The van der Waals surface area contributed by atoms with Gasteiger partial charge in [0.15, 0.2) is 0 Å². The van der Waals surface area contributed by atoms with Gasteiger partial charge in [-0.2, -0.15) is 0 Å². The molecule has 2 unspecified atom stereocenters. The van der Waals surface area contributed by atoms with Gasteiger partial charge < -0.3 is 9.15 Å². The van der Waals surface area contributed by atoms with E-state index >= 15 is 0 Å². The molecule has 98 valence electrons. The SMILES string of the molecule is CCC(OC)C(NN)c1cc2cc(F)ccc2o1. The Morgan fingerprint density at radius 2 is 2.22 bits per heavy atom. The van der Waals surface area contributed by atoms with Gasteiger partial charge in [0, 0.05) is 12.5 Å². The van der Waals surface area contributed by atoms with Crippen molar-refractivity contribution in [1.29, 1.82) is 0 Å². The van der Waals surface area contributed by atoms with Crippen molar-refractivity contribution in [2.45, 2.75) is 25.5 Å². The van der Waals surface area contributed by atoms with Gasteiger partial charge in [0.25, 0.3) is 0 Å². The smallest absolute Gasteiger partial charge is 0.134 e. The summed E-state index contributed by atoms with van der Waals surface area (Å²) < 4.78 is 24.1. The van der Waals surface area contributed by atoms with E-state index in [1.807, 2.05) is 6.92 Å². The molecular formula is C13H17FN2O2. The second-order valence-corrected chi connectivity index (χ2v) is 4.16. The fourth-order valence-electron chi connectivity index (χ4n) is 2.10. The van der Waals surface area contributed by atoms with E-state index in [4.69, 9.17) is 15.0 Å². The molecule has 1 aromatic heterocycles. The highest BCUT2D eigenvalue weighted by molar-refractivity contribution is 5.78. The fraction of sp³-hybridized carbons (Fsp3) is 0.385. The van der Waals surface area contributed by atoms with Crippen molar-refractivity contribution in [3.05, 3.63) is 35.8 Å². The standard InChI is InChI=1S/C13H17FN2O2/c1-3-10(17-2)13(16-15)12-7-8-6-9(14)4-5-11(8)18-12/h4-7,10,13,16H,3,15H2,1-2H3. The van der Waals surface area contributed by atoms with Crippen molar-refractivity contribution < 1.29 is 13.5 Å². The van der Waals surface area contributed by atoms with Gasteiger partial charge in [-0.15, -0.1) is 0 Å². The second-order valence-electron chi connectivity index (χ2n) is 4.16. The van der Waals surface area contributed by atoms with Crippen LogP contribution in [0, 0.1) is 5.82 Å². The zero-order chi connectivity index (χ0) is 13.1. The Bertz CT molecular complexity index is 523. The number of hydrogen-bond acceptors (Lipinski definition) is 4. The van der Waals surface area contributed by atoms with Crippen LogP contribution in [0.4, 0.5) is 4.39 Å². The molecule has 0 bridgehead atoms. The molecule has 0 spiro atoms. The first-order valence-corrected chi connectivity index (χ1v) is 5.87. The number of hydrogen-bond donors (Lipinski definition) is 2. The Labute approximate surface area is 105 Å². The number of fused-ring (bicyclic) bond motifs is 1. The Balaban J connectivity index is 2.39. The van der Waals surface area contributed by atoms with E-state index in [0.29, 0.717) is 11.3 Å². The molecule has 2 aromatic rings. The Morgan fingerprint density at radius 3 is 2.83 bits per heavy atom. The van der Waals surface area contributed by atoms with Crippen LogP contribution < -0.4 is 11.3 Å². The minimum absolute atomic E-state index is 0.0968. The first-order valence-electron chi connectivity index (χ1n) is 5.87. The van der Waals surface area contributed by atoms with Crippen LogP contribution in [0.1, 0.15) is 25.1 Å². The predicted octanol–water partition coefficient (Wildman–Crippen LogP) is 2.50. The van der Waals surface area contributed by atoms with Gasteiger partial charge in [0.1, 0.15) is 23.2 Å². The Kier molecular flexibility index (Phi) is 3.96. The van der Waals surface area contributed by atoms with Crippen molar-refractivity contribution in [2.24, 2.45) is 5.84 Å². The van der Waals surface area contributed by atoms with Crippen molar-refractivity contribution in [3.63, 3.8) is 0 Å². The van der Waals surface area contributed by atoms with E-state index in [2.05, 4.69) is 5.43 Å². The highest BCUT2D eigenvalue weighted by Crippen LogP contribution is 2.27. The topological polar surface area (TPSA) is 60.4 Å². The summed E-state index contributed by atoms with van der Waals surface area (Å²) >= 11 is 0. The third-order valence-corrected chi connectivity index (χ3v) is 3.06. The number of rotatable bonds is 5. The lowest BCUT2D eigenvalue weighted by molar-refractivity contribution is 0.0585. The molecule has 0 aliphatic rings. The van der Waals surface area contributed by atoms with E-state index in [1.54, 1.807) is 19.2 Å². The monoisotopic (exact) mass is 252 g/mol. The summed E-state index contributed by atoms with van der Waals surface area (Å²) in [5.41, 5.74) is 3.32. The van der Waals surface area contributed by atoms with E-state index in [1.165, 1.54) is 12.1 Å². The normalized spacial score (nSPS) is 14.9. The van der Waals surface area contributed by atoms with Gasteiger partial charge in [-0.05, 0) is 30.7 Å². The summed E-state index contributed by atoms with van der Waals surface area (Å²) in [5.74, 6) is 5.90. The molecule has 18 heavy (non-hydrogen) atoms. The van der Waals surface area contributed by atoms with Gasteiger partial charge in [0.05, 0.1) is 6.10 Å². The van der Waals surface area contributed by atoms with E-state index in [-0.39, 0.29) is 18.0 Å². The summed E-state index contributed by atoms with van der Waals surface area (Å²) in [6.45, 7) is 2.00. The molecular weight excluding hydrogens is 235 g/mol. The van der Waals surface area contributed by atoms with Crippen molar-refractivity contribution in [1.82, 2.24) is 5.43 Å². The lowest BCUT2D eigenvalue weighted by Gasteiger charge is -2.22. The third-order valence-electron chi connectivity index (χ3n) is 3.06. The summed E-state index contributed by atoms with van der Waals surface area (Å²) in [4.78, 5) is 0. The molecule has 1 aromatic carbocycles. The molecule has 3 N–H and O–H groups in total.